The van der Waals surface area contributed by atoms with Gasteiger partial charge in [0.2, 0.25) is 5.91 Å². The molecule has 1 heterocycles. The lowest BCUT2D eigenvalue weighted by atomic mass is 10.1. The van der Waals surface area contributed by atoms with E-state index in [1.54, 1.807) is 13.0 Å². The minimum absolute atomic E-state index is 0.0912. The van der Waals surface area contributed by atoms with Crippen molar-refractivity contribution in [2.24, 2.45) is 0 Å². The van der Waals surface area contributed by atoms with Gasteiger partial charge in [0, 0.05) is 30.1 Å². The average Bonchev–Trinajstić information content (AvgIpc) is 2.89. The number of halogens is 1. The molecule has 0 spiro atoms. The van der Waals surface area contributed by atoms with Crippen molar-refractivity contribution in [3.05, 3.63) is 46.7 Å². The van der Waals surface area contributed by atoms with Crippen molar-refractivity contribution in [1.82, 2.24) is 10.1 Å². The van der Waals surface area contributed by atoms with Gasteiger partial charge < -0.3 is 9.84 Å². The van der Waals surface area contributed by atoms with Crippen LogP contribution in [-0.2, 0) is 4.79 Å². The van der Waals surface area contributed by atoms with Crippen LogP contribution in [0.4, 0.5) is 5.82 Å². The van der Waals surface area contributed by atoms with Gasteiger partial charge in [-0.25, -0.2) is 0 Å². The Kier molecular flexibility index (Phi) is 5.57. The van der Waals surface area contributed by atoms with E-state index in [0.717, 1.165) is 10.6 Å². The van der Waals surface area contributed by atoms with E-state index in [2.05, 4.69) is 22.3 Å². The monoisotopic (exact) mass is 321 g/mol. The number of amides is 1. The molecule has 2 rings (SSSR count). The van der Waals surface area contributed by atoms with Crippen LogP contribution < -0.4 is 5.32 Å². The highest BCUT2D eigenvalue weighted by Gasteiger charge is 2.15. The predicted molar refractivity (Wildman–Crippen MR) is 87.0 cm³/mol. The summed E-state index contributed by atoms with van der Waals surface area (Å²) >= 11 is 6.21. The number of hydrogen-bond donors (Lipinski definition) is 1. The molecule has 2 aromatic rings. The summed E-state index contributed by atoms with van der Waals surface area (Å²) in [7, 11) is 1.97. The molecular formula is C16H20ClN3O2. The van der Waals surface area contributed by atoms with Crippen LogP contribution in [0.2, 0.25) is 5.02 Å². The highest BCUT2D eigenvalue weighted by molar-refractivity contribution is 6.31. The zero-order valence-electron chi connectivity index (χ0n) is 13.0. The summed E-state index contributed by atoms with van der Waals surface area (Å²) in [6, 6.07) is 9.57. The topological polar surface area (TPSA) is 58.4 Å². The van der Waals surface area contributed by atoms with Crippen LogP contribution in [0.3, 0.4) is 0 Å². The average molecular weight is 322 g/mol. The third kappa shape index (κ3) is 4.32. The van der Waals surface area contributed by atoms with Crippen LogP contribution in [0.15, 0.2) is 34.9 Å². The Morgan fingerprint density at radius 2 is 2.18 bits per heavy atom. The molecule has 22 heavy (non-hydrogen) atoms. The van der Waals surface area contributed by atoms with E-state index in [0.29, 0.717) is 24.5 Å². The van der Waals surface area contributed by atoms with E-state index in [1.165, 1.54) is 0 Å². The van der Waals surface area contributed by atoms with Crippen LogP contribution in [0, 0.1) is 6.92 Å². The second kappa shape index (κ2) is 7.42. The molecule has 0 aliphatic carbocycles. The number of aryl methyl sites for hydroxylation is 1. The van der Waals surface area contributed by atoms with Crippen molar-refractivity contribution in [3.63, 3.8) is 0 Å². The Labute approximate surface area is 135 Å². The van der Waals surface area contributed by atoms with Gasteiger partial charge in [-0.1, -0.05) is 35.0 Å². The minimum Gasteiger partial charge on any atom is -0.360 e. The largest absolute Gasteiger partial charge is 0.360 e. The Bertz CT molecular complexity index is 642. The van der Waals surface area contributed by atoms with Crippen LogP contribution >= 0.6 is 11.6 Å². The molecule has 1 aromatic carbocycles. The summed E-state index contributed by atoms with van der Waals surface area (Å²) in [5.74, 6) is 1.02. The first kappa shape index (κ1) is 16.5. The Balaban J connectivity index is 1.85. The third-order valence-corrected chi connectivity index (χ3v) is 3.95. The van der Waals surface area contributed by atoms with Gasteiger partial charge in [0.05, 0.1) is 0 Å². The summed E-state index contributed by atoms with van der Waals surface area (Å²) in [6.45, 7) is 4.47. The minimum atomic E-state index is -0.0912. The summed E-state index contributed by atoms with van der Waals surface area (Å²) in [4.78, 5) is 14.0. The van der Waals surface area contributed by atoms with Gasteiger partial charge in [-0.05, 0) is 32.5 Å². The van der Waals surface area contributed by atoms with Gasteiger partial charge in [-0.3, -0.25) is 9.69 Å². The van der Waals surface area contributed by atoms with Gasteiger partial charge in [0.25, 0.3) is 0 Å². The van der Waals surface area contributed by atoms with E-state index in [1.807, 2.05) is 31.3 Å². The molecule has 0 unspecified atom stereocenters. The Morgan fingerprint density at radius 1 is 1.45 bits per heavy atom. The lowest BCUT2D eigenvalue weighted by molar-refractivity contribution is -0.116. The quantitative estimate of drug-likeness (QED) is 0.882. The van der Waals surface area contributed by atoms with E-state index in [9.17, 15) is 4.79 Å². The molecule has 1 N–H and O–H groups in total. The highest BCUT2D eigenvalue weighted by atomic mass is 35.5. The fourth-order valence-corrected chi connectivity index (χ4v) is 2.45. The first-order valence-corrected chi connectivity index (χ1v) is 7.53. The van der Waals surface area contributed by atoms with Crippen LogP contribution in [0.1, 0.15) is 30.7 Å². The second-order valence-corrected chi connectivity index (χ2v) is 5.71. The molecule has 0 fully saturated rings. The first-order chi connectivity index (χ1) is 10.5. The Hall–Kier alpha value is -1.85. The predicted octanol–water partition coefficient (Wildman–Crippen LogP) is 3.66. The molecule has 0 radical (unpaired) electrons. The van der Waals surface area contributed by atoms with Crippen molar-refractivity contribution >= 4 is 23.3 Å². The summed E-state index contributed by atoms with van der Waals surface area (Å²) < 4.78 is 4.91. The number of nitrogens with zero attached hydrogens (tertiary/aromatic N) is 2. The van der Waals surface area contributed by atoms with Crippen LogP contribution in [-0.4, -0.2) is 29.6 Å². The summed E-state index contributed by atoms with van der Waals surface area (Å²) in [6.07, 6.45) is 0.372. The Morgan fingerprint density at radius 3 is 2.82 bits per heavy atom. The maximum Gasteiger partial charge on any atom is 0.226 e. The van der Waals surface area contributed by atoms with Crippen molar-refractivity contribution in [2.75, 3.05) is 18.9 Å². The number of aromatic nitrogens is 1. The highest BCUT2D eigenvalue weighted by Crippen LogP contribution is 2.26. The fourth-order valence-electron chi connectivity index (χ4n) is 2.15. The van der Waals surface area contributed by atoms with Crippen molar-refractivity contribution in [2.45, 2.75) is 26.3 Å². The van der Waals surface area contributed by atoms with Gasteiger partial charge in [0.1, 0.15) is 5.76 Å². The molecule has 0 aliphatic heterocycles. The molecule has 0 saturated carbocycles. The van der Waals surface area contributed by atoms with Gasteiger partial charge in [-0.15, -0.1) is 0 Å². The maximum atomic E-state index is 11.9. The van der Waals surface area contributed by atoms with Crippen molar-refractivity contribution in [3.8, 4) is 0 Å². The number of nitrogens with one attached hydrogen (secondary N) is 1. The van der Waals surface area contributed by atoms with Gasteiger partial charge in [0.15, 0.2) is 5.82 Å². The standard InChI is InChI=1S/C16H20ClN3O2/c1-11-10-15(19-22-11)18-16(21)8-9-20(3)12(2)13-6-4-5-7-14(13)17/h4-7,10,12H,8-9H2,1-3H3,(H,18,19,21)/t12-/m1/s1. The fraction of sp³-hybridized carbons (Fsp3) is 0.375. The first-order valence-electron chi connectivity index (χ1n) is 7.15. The molecule has 1 atom stereocenters. The molecule has 6 heteroatoms. The zero-order valence-corrected chi connectivity index (χ0v) is 13.7. The van der Waals surface area contributed by atoms with E-state index < -0.39 is 0 Å². The lowest BCUT2D eigenvalue weighted by Gasteiger charge is -2.25. The zero-order chi connectivity index (χ0) is 16.1. The van der Waals surface area contributed by atoms with Crippen molar-refractivity contribution < 1.29 is 9.32 Å². The molecule has 5 nitrogen and oxygen atoms in total. The third-order valence-electron chi connectivity index (χ3n) is 3.60. The van der Waals surface area contributed by atoms with Gasteiger partial charge in [-0.2, -0.15) is 0 Å². The molecule has 0 aliphatic rings. The van der Waals surface area contributed by atoms with E-state index >= 15 is 0 Å². The van der Waals surface area contributed by atoms with Crippen LogP contribution in [0.5, 0.6) is 0 Å². The molecular weight excluding hydrogens is 302 g/mol. The number of rotatable bonds is 6. The molecule has 118 valence electrons. The lowest BCUT2D eigenvalue weighted by Crippen LogP contribution is -2.27. The van der Waals surface area contributed by atoms with Crippen LogP contribution in [0.25, 0.3) is 0 Å². The number of anilines is 1. The van der Waals surface area contributed by atoms with E-state index in [4.69, 9.17) is 16.1 Å². The van der Waals surface area contributed by atoms with Crippen molar-refractivity contribution in [1.29, 1.82) is 0 Å². The second-order valence-electron chi connectivity index (χ2n) is 5.30. The molecule has 0 bridgehead atoms. The maximum absolute atomic E-state index is 11.9. The number of benzene rings is 1. The number of carbonyl (C=O) groups excluding carboxylic acids is 1. The normalized spacial score (nSPS) is 12.4. The van der Waals surface area contributed by atoms with E-state index in [-0.39, 0.29) is 11.9 Å². The molecule has 1 aromatic heterocycles. The number of hydrogen-bond acceptors (Lipinski definition) is 4. The molecule has 1 amide bonds. The SMILES string of the molecule is Cc1cc(NC(=O)CCN(C)[C@H](C)c2ccccc2Cl)no1. The summed E-state index contributed by atoms with van der Waals surface area (Å²) in [5.41, 5.74) is 1.05. The van der Waals surface area contributed by atoms with Gasteiger partial charge >= 0.3 is 0 Å². The molecule has 0 saturated heterocycles. The summed E-state index contributed by atoms with van der Waals surface area (Å²) in [5, 5.41) is 7.19. The smallest absolute Gasteiger partial charge is 0.226 e. The number of carbonyl (C=O) groups is 1.